The Kier molecular flexibility index (Phi) is 5.73. The molecular formula is C12H17N3O5. The summed E-state index contributed by atoms with van der Waals surface area (Å²) in [4.78, 5) is 22.9. The summed E-state index contributed by atoms with van der Waals surface area (Å²) in [5, 5.41) is 13.5. The third kappa shape index (κ3) is 3.58. The molecule has 1 rings (SSSR count). The molecule has 0 aromatic heterocycles. The highest BCUT2D eigenvalue weighted by atomic mass is 16.6. The van der Waals surface area contributed by atoms with Crippen LogP contribution in [0.25, 0.3) is 0 Å². The number of anilines is 2. The number of hydrogen-bond donors (Lipinski definition) is 1. The SMILES string of the molecule is COCCN(C)c1cc(OC)c(NC=O)cc1[N+](=O)[O-]. The number of nitro groups is 1. The maximum atomic E-state index is 11.1. The molecule has 1 aromatic rings. The Bertz CT molecular complexity index is 492. The van der Waals surface area contributed by atoms with Crippen molar-refractivity contribution in [2.75, 3.05) is 44.6 Å². The van der Waals surface area contributed by atoms with Crippen LogP contribution in [0.1, 0.15) is 0 Å². The highest BCUT2D eigenvalue weighted by molar-refractivity contribution is 5.81. The fourth-order valence-corrected chi connectivity index (χ4v) is 1.70. The number of rotatable bonds is 8. The molecule has 0 aliphatic rings. The van der Waals surface area contributed by atoms with Gasteiger partial charge in [0.25, 0.3) is 5.69 Å². The van der Waals surface area contributed by atoms with Crippen LogP contribution in [0.2, 0.25) is 0 Å². The smallest absolute Gasteiger partial charge is 0.294 e. The van der Waals surface area contributed by atoms with E-state index in [-0.39, 0.29) is 11.4 Å². The lowest BCUT2D eigenvalue weighted by Crippen LogP contribution is -2.23. The van der Waals surface area contributed by atoms with Gasteiger partial charge in [-0.2, -0.15) is 0 Å². The Morgan fingerprint density at radius 1 is 1.45 bits per heavy atom. The van der Waals surface area contributed by atoms with Gasteiger partial charge in [0, 0.05) is 32.8 Å². The fraction of sp³-hybridized carbons (Fsp3) is 0.417. The van der Waals surface area contributed by atoms with Crippen molar-refractivity contribution < 1.29 is 19.2 Å². The van der Waals surface area contributed by atoms with Gasteiger partial charge >= 0.3 is 0 Å². The number of carbonyl (C=O) groups excluding carboxylic acids is 1. The molecule has 0 radical (unpaired) electrons. The van der Waals surface area contributed by atoms with E-state index in [2.05, 4.69) is 5.32 Å². The molecule has 0 heterocycles. The third-order valence-electron chi connectivity index (χ3n) is 2.75. The van der Waals surface area contributed by atoms with Crippen LogP contribution in [-0.4, -0.2) is 45.8 Å². The van der Waals surface area contributed by atoms with Gasteiger partial charge in [-0.15, -0.1) is 0 Å². The Balaban J connectivity index is 3.26. The quantitative estimate of drug-likeness (QED) is 0.438. The summed E-state index contributed by atoms with van der Waals surface area (Å²) in [5.74, 6) is 0.349. The molecule has 1 N–H and O–H groups in total. The van der Waals surface area contributed by atoms with Gasteiger partial charge in [0.2, 0.25) is 6.41 Å². The van der Waals surface area contributed by atoms with E-state index in [1.54, 1.807) is 19.1 Å². The van der Waals surface area contributed by atoms with Gasteiger partial charge < -0.3 is 19.7 Å². The zero-order valence-corrected chi connectivity index (χ0v) is 11.6. The number of hydrogen-bond acceptors (Lipinski definition) is 6. The van der Waals surface area contributed by atoms with Crippen LogP contribution in [0.5, 0.6) is 5.75 Å². The van der Waals surface area contributed by atoms with Crippen LogP contribution in [0, 0.1) is 10.1 Å². The van der Waals surface area contributed by atoms with Gasteiger partial charge in [-0.05, 0) is 0 Å². The lowest BCUT2D eigenvalue weighted by molar-refractivity contribution is -0.384. The number of nitro benzene ring substituents is 1. The predicted octanol–water partition coefficient (Wildman–Crippen LogP) is 1.25. The van der Waals surface area contributed by atoms with Crippen LogP contribution in [0.15, 0.2) is 12.1 Å². The third-order valence-corrected chi connectivity index (χ3v) is 2.75. The highest BCUT2D eigenvalue weighted by Crippen LogP contribution is 2.37. The van der Waals surface area contributed by atoms with E-state index in [0.29, 0.717) is 31.0 Å². The number of ether oxygens (including phenoxy) is 2. The maximum absolute atomic E-state index is 11.1. The van der Waals surface area contributed by atoms with Crippen molar-refractivity contribution in [2.24, 2.45) is 0 Å². The normalized spacial score (nSPS) is 9.95. The van der Waals surface area contributed by atoms with Crippen molar-refractivity contribution in [3.05, 3.63) is 22.2 Å². The molecule has 0 unspecified atom stereocenters. The van der Waals surface area contributed by atoms with Crippen LogP contribution in [-0.2, 0) is 9.53 Å². The summed E-state index contributed by atoms with van der Waals surface area (Å²) >= 11 is 0. The second-order valence-electron chi connectivity index (χ2n) is 3.97. The lowest BCUT2D eigenvalue weighted by Gasteiger charge is -2.20. The van der Waals surface area contributed by atoms with Crippen molar-refractivity contribution in [3.63, 3.8) is 0 Å². The fourth-order valence-electron chi connectivity index (χ4n) is 1.70. The first kappa shape index (κ1) is 15.7. The van der Waals surface area contributed by atoms with Crippen molar-refractivity contribution >= 4 is 23.5 Å². The average Bonchev–Trinajstić information content (AvgIpc) is 2.44. The molecule has 8 nitrogen and oxygen atoms in total. The lowest BCUT2D eigenvalue weighted by atomic mass is 10.2. The molecule has 0 aliphatic heterocycles. The van der Waals surface area contributed by atoms with Crippen molar-refractivity contribution in [3.8, 4) is 5.75 Å². The zero-order chi connectivity index (χ0) is 15.1. The van der Waals surface area contributed by atoms with E-state index in [0.717, 1.165) is 0 Å². The number of methoxy groups -OCH3 is 2. The summed E-state index contributed by atoms with van der Waals surface area (Å²) < 4.78 is 10.1. The molecule has 0 bridgehead atoms. The molecule has 0 aliphatic carbocycles. The van der Waals surface area contributed by atoms with Crippen LogP contribution < -0.4 is 15.0 Å². The van der Waals surface area contributed by atoms with Gasteiger partial charge in [0.05, 0.1) is 24.3 Å². The summed E-state index contributed by atoms with van der Waals surface area (Å²) in [5.41, 5.74) is 0.521. The minimum Gasteiger partial charge on any atom is -0.494 e. The van der Waals surface area contributed by atoms with Gasteiger partial charge in [0.15, 0.2) is 0 Å². The second-order valence-corrected chi connectivity index (χ2v) is 3.97. The minimum atomic E-state index is -0.506. The molecule has 0 saturated carbocycles. The van der Waals surface area contributed by atoms with Crippen molar-refractivity contribution in [1.82, 2.24) is 0 Å². The van der Waals surface area contributed by atoms with Crippen LogP contribution >= 0.6 is 0 Å². The van der Waals surface area contributed by atoms with Gasteiger partial charge in [-0.25, -0.2) is 0 Å². The number of benzene rings is 1. The van der Waals surface area contributed by atoms with E-state index in [9.17, 15) is 14.9 Å². The zero-order valence-electron chi connectivity index (χ0n) is 11.6. The molecule has 8 heteroatoms. The summed E-state index contributed by atoms with van der Waals surface area (Å²) in [6.07, 6.45) is 0.440. The molecule has 110 valence electrons. The predicted molar refractivity (Wildman–Crippen MR) is 74.5 cm³/mol. The van der Waals surface area contributed by atoms with Gasteiger partial charge in [-0.1, -0.05) is 0 Å². The molecule has 0 spiro atoms. The molecule has 0 fully saturated rings. The Morgan fingerprint density at radius 2 is 2.15 bits per heavy atom. The first-order valence-electron chi connectivity index (χ1n) is 5.81. The Hall–Kier alpha value is -2.35. The van der Waals surface area contributed by atoms with E-state index < -0.39 is 4.92 Å². The highest BCUT2D eigenvalue weighted by Gasteiger charge is 2.21. The molecule has 0 saturated heterocycles. The number of likely N-dealkylation sites (N-methyl/N-ethyl adjacent to an activating group) is 1. The van der Waals surface area contributed by atoms with E-state index in [1.807, 2.05) is 0 Å². The maximum Gasteiger partial charge on any atom is 0.294 e. The van der Waals surface area contributed by atoms with Crippen LogP contribution in [0.3, 0.4) is 0 Å². The molecule has 0 atom stereocenters. The minimum absolute atomic E-state index is 0.117. The first-order chi connectivity index (χ1) is 9.54. The van der Waals surface area contributed by atoms with Crippen molar-refractivity contribution in [1.29, 1.82) is 0 Å². The second kappa shape index (κ2) is 7.29. The van der Waals surface area contributed by atoms with Crippen molar-refractivity contribution in [2.45, 2.75) is 0 Å². The molecular weight excluding hydrogens is 266 g/mol. The van der Waals surface area contributed by atoms with Gasteiger partial charge in [-0.3, -0.25) is 14.9 Å². The summed E-state index contributed by atoms with van der Waals surface area (Å²) in [6.45, 7) is 0.922. The Morgan fingerprint density at radius 3 is 2.65 bits per heavy atom. The monoisotopic (exact) mass is 283 g/mol. The molecule has 1 aromatic carbocycles. The first-order valence-corrected chi connectivity index (χ1v) is 5.81. The number of amides is 1. The summed E-state index contributed by atoms with van der Waals surface area (Å²) in [7, 11) is 4.70. The van der Waals surface area contributed by atoms with Gasteiger partial charge in [0.1, 0.15) is 11.4 Å². The largest absolute Gasteiger partial charge is 0.494 e. The van der Waals surface area contributed by atoms with E-state index in [1.165, 1.54) is 19.2 Å². The standard InChI is InChI=1S/C12H17N3O5/c1-14(4-5-19-2)10-7-12(20-3)9(13-8-16)6-11(10)15(17)18/h6-8H,4-5H2,1-3H3,(H,13,16). The number of nitrogens with one attached hydrogen (secondary N) is 1. The average molecular weight is 283 g/mol. The van der Waals surface area contributed by atoms with Crippen LogP contribution in [0.4, 0.5) is 17.1 Å². The Labute approximate surface area is 116 Å². The molecule has 1 amide bonds. The van der Waals surface area contributed by atoms with E-state index in [4.69, 9.17) is 9.47 Å². The number of nitrogens with zero attached hydrogens (tertiary/aromatic N) is 2. The topological polar surface area (TPSA) is 93.9 Å². The summed E-state index contributed by atoms with van der Waals surface area (Å²) in [6, 6.07) is 2.78. The van der Waals surface area contributed by atoms with E-state index >= 15 is 0 Å². The molecule has 20 heavy (non-hydrogen) atoms. The number of carbonyl (C=O) groups is 1.